The van der Waals surface area contributed by atoms with Gasteiger partial charge in [-0.3, -0.25) is 9.78 Å². The van der Waals surface area contributed by atoms with Crippen molar-refractivity contribution in [1.29, 1.82) is 0 Å². The van der Waals surface area contributed by atoms with Crippen molar-refractivity contribution < 1.29 is 4.79 Å². The Balaban J connectivity index is 2.01. The van der Waals surface area contributed by atoms with Gasteiger partial charge in [0.1, 0.15) is 5.69 Å². The van der Waals surface area contributed by atoms with Crippen LogP contribution in [-0.2, 0) is 6.54 Å². The molecule has 18 heavy (non-hydrogen) atoms. The van der Waals surface area contributed by atoms with Gasteiger partial charge in [-0.25, -0.2) is 4.98 Å². The average Bonchev–Trinajstić information content (AvgIpc) is 2.38. The van der Waals surface area contributed by atoms with Crippen molar-refractivity contribution in [1.82, 2.24) is 15.3 Å². The largest absolute Gasteiger partial charge is 0.347 e. The number of carbonyl (C=O) groups excluding carboxylic acids is 1. The minimum Gasteiger partial charge on any atom is -0.347 e. The molecule has 92 valence electrons. The SMILES string of the molecule is Cc1ccncc1CNC(=O)c1ccc(Br)cn1. The van der Waals surface area contributed by atoms with E-state index in [0.29, 0.717) is 12.2 Å². The summed E-state index contributed by atoms with van der Waals surface area (Å²) in [5.74, 6) is -0.189. The van der Waals surface area contributed by atoms with Gasteiger partial charge in [0.2, 0.25) is 0 Å². The Bertz CT molecular complexity index is 554. The van der Waals surface area contributed by atoms with E-state index in [9.17, 15) is 4.79 Å². The highest BCUT2D eigenvalue weighted by atomic mass is 79.9. The van der Waals surface area contributed by atoms with Crippen LogP contribution >= 0.6 is 15.9 Å². The number of nitrogens with zero attached hydrogens (tertiary/aromatic N) is 2. The number of aromatic nitrogens is 2. The molecule has 0 radical (unpaired) electrons. The highest BCUT2D eigenvalue weighted by molar-refractivity contribution is 9.10. The molecular formula is C13H12BrN3O. The van der Waals surface area contributed by atoms with Crippen molar-refractivity contribution >= 4 is 21.8 Å². The van der Waals surface area contributed by atoms with E-state index in [1.54, 1.807) is 30.7 Å². The fourth-order valence-electron chi connectivity index (χ4n) is 1.46. The minimum atomic E-state index is -0.189. The number of carbonyl (C=O) groups is 1. The van der Waals surface area contributed by atoms with Gasteiger partial charge in [0, 0.05) is 29.6 Å². The van der Waals surface area contributed by atoms with Crippen LogP contribution in [0.3, 0.4) is 0 Å². The normalized spacial score (nSPS) is 10.1. The summed E-state index contributed by atoms with van der Waals surface area (Å²) in [5, 5.41) is 2.82. The third-order valence-electron chi connectivity index (χ3n) is 2.55. The fourth-order valence-corrected chi connectivity index (χ4v) is 1.69. The van der Waals surface area contributed by atoms with Gasteiger partial charge in [0.05, 0.1) is 0 Å². The third-order valence-corrected chi connectivity index (χ3v) is 3.02. The number of aryl methyl sites for hydroxylation is 1. The fraction of sp³-hybridized carbons (Fsp3) is 0.154. The zero-order valence-corrected chi connectivity index (χ0v) is 11.4. The van der Waals surface area contributed by atoms with Crippen molar-refractivity contribution in [2.45, 2.75) is 13.5 Å². The molecule has 0 saturated heterocycles. The van der Waals surface area contributed by atoms with E-state index >= 15 is 0 Å². The van der Waals surface area contributed by atoms with Crippen LogP contribution in [0, 0.1) is 6.92 Å². The first kappa shape index (κ1) is 12.7. The second kappa shape index (κ2) is 5.73. The molecule has 5 heteroatoms. The molecular weight excluding hydrogens is 294 g/mol. The molecule has 0 unspecified atom stereocenters. The molecule has 1 N–H and O–H groups in total. The van der Waals surface area contributed by atoms with Gasteiger partial charge < -0.3 is 5.32 Å². The summed E-state index contributed by atoms with van der Waals surface area (Å²) in [6.07, 6.45) is 5.09. The monoisotopic (exact) mass is 305 g/mol. The Morgan fingerprint density at radius 3 is 2.83 bits per heavy atom. The first-order chi connectivity index (χ1) is 8.66. The van der Waals surface area contributed by atoms with Gasteiger partial charge in [-0.05, 0) is 52.2 Å². The molecule has 0 saturated carbocycles. The Morgan fingerprint density at radius 1 is 1.33 bits per heavy atom. The summed E-state index contributed by atoms with van der Waals surface area (Å²) in [6, 6.07) is 5.38. The maximum Gasteiger partial charge on any atom is 0.270 e. The van der Waals surface area contributed by atoms with Crippen molar-refractivity contribution in [3.63, 3.8) is 0 Å². The molecule has 0 aliphatic carbocycles. The second-order valence-electron chi connectivity index (χ2n) is 3.85. The molecule has 0 aliphatic heterocycles. The lowest BCUT2D eigenvalue weighted by Crippen LogP contribution is -2.24. The number of rotatable bonds is 3. The number of halogens is 1. The number of amides is 1. The van der Waals surface area contributed by atoms with Gasteiger partial charge in [0.15, 0.2) is 0 Å². The molecule has 2 heterocycles. The average molecular weight is 306 g/mol. The van der Waals surface area contributed by atoms with Crippen LogP contribution in [0.25, 0.3) is 0 Å². The Morgan fingerprint density at radius 2 is 2.17 bits per heavy atom. The molecule has 0 aliphatic rings. The summed E-state index contributed by atoms with van der Waals surface area (Å²) in [7, 11) is 0. The van der Waals surface area contributed by atoms with E-state index in [1.165, 1.54) is 0 Å². The number of hydrogen-bond acceptors (Lipinski definition) is 3. The number of nitrogens with one attached hydrogen (secondary N) is 1. The molecule has 0 atom stereocenters. The summed E-state index contributed by atoms with van der Waals surface area (Å²) in [5.41, 5.74) is 2.51. The minimum absolute atomic E-state index is 0.189. The first-order valence-electron chi connectivity index (χ1n) is 5.46. The molecule has 2 aromatic rings. The number of pyridine rings is 2. The molecule has 1 amide bonds. The molecule has 0 spiro atoms. The number of hydrogen-bond donors (Lipinski definition) is 1. The topological polar surface area (TPSA) is 54.9 Å². The molecule has 4 nitrogen and oxygen atoms in total. The smallest absolute Gasteiger partial charge is 0.270 e. The quantitative estimate of drug-likeness (QED) is 0.948. The highest BCUT2D eigenvalue weighted by Crippen LogP contribution is 2.08. The zero-order valence-electron chi connectivity index (χ0n) is 9.85. The van der Waals surface area contributed by atoms with Gasteiger partial charge in [-0.1, -0.05) is 0 Å². The van der Waals surface area contributed by atoms with E-state index in [1.807, 2.05) is 13.0 Å². The standard InChI is InChI=1S/C13H12BrN3O/c1-9-4-5-15-6-10(9)7-17-13(18)12-3-2-11(14)8-16-12/h2-6,8H,7H2,1H3,(H,17,18). The molecule has 2 rings (SSSR count). The maximum atomic E-state index is 11.8. The molecule has 0 fully saturated rings. The predicted molar refractivity (Wildman–Crippen MR) is 72.1 cm³/mol. The van der Waals surface area contributed by atoms with E-state index < -0.39 is 0 Å². The van der Waals surface area contributed by atoms with Crippen molar-refractivity contribution in [3.8, 4) is 0 Å². The first-order valence-corrected chi connectivity index (χ1v) is 6.25. The predicted octanol–water partition coefficient (Wildman–Crippen LogP) is 2.48. The van der Waals surface area contributed by atoms with Crippen LogP contribution < -0.4 is 5.32 Å². The van der Waals surface area contributed by atoms with Crippen LogP contribution in [-0.4, -0.2) is 15.9 Å². The van der Waals surface area contributed by atoms with Crippen LogP contribution in [0.1, 0.15) is 21.6 Å². The zero-order chi connectivity index (χ0) is 13.0. The van der Waals surface area contributed by atoms with Crippen LogP contribution in [0.2, 0.25) is 0 Å². The van der Waals surface area contributed by atoms with E-state index in [4.69, 9.17) is 0 Å². The Labute approximate surface area is 114 Å². The summed E-state index contributed by atoms with van der Waals surface area (Å²) in [6.45, 7) is 2.44. The third kappa shape index (κ3) is 3.13. The lowest BCUT2D eigenvalue weighted by atomic mass is 10.1. The van der Waals surface area contributed by atoms with E-state index in [-0.39, 0.29) is 5.91 Å². The summed E-state index contributed by atoms with van der Waals surface area (Å²) in [4.78, 5) is 19.9. The Hall–Kier alpha value is -1.75. The molecule has 0 aromatic carbocycles. The second-order valence-corrected chi connectivity index (χ2v) is 4.76. The van der Waals surface area contributed by atoms with Crippen LogP contribution in [0.15, 0.2) is 41.3 Å². The van der Waals surface area contributed by atoms with E-state index in [2.05, 4.69) is 31.2 Å². The van der Waals surface area contributed by atoms with Gasteiger partial charge in [-0.15, -0.1) is 0 Å². The summed E-state index contributed by atoms with van der Waals surface area (Å²) < 4.78 is 0.849. The Kier molecular flexibility index (Phi) is 4.04. The maximum absolute atomic E-state index is 11.8. The summed E-state index contributed by atoms with van der Waals surface area (Å²) >= 11 is 3.28. The van der Waals surface area contributed by atoms with Crippen LogP contribution in [0.4, 0.5) is 0 Å². The lowest BCUT2D eigenvalue weighted by Gasteiger charge is -2.06. The van der Waals surface area contributed by atoms with Crippen molar-refractivity contribution in [3.05, 3.63) is 58.1 Å². The van der Waals surface area contributed by atoms with Gasteiger partial charge >= 0.3 is 0 Å². The van der Waals surface area contributed by atoms with Crippen molar-refractivity contribution in [2.75, 3.05) is 0 Å². The van der Waals surface area contributed by atoms with E-state index in [0.717, 1.165) is 15.6 Å². The molecule has 2 aromatic heterocycles. The van der Waals surface area contributed by atoms with Crippen molar-refractivity contribution in [2.24, 2.45) is 0 Å². The lowest BCUT2D eigenvalue weighted by molar-refractivity contribution is 0.0946. The molecule has 0 bridgehead atoms. The highest BCUT2D eigenvalue weighted by Gasteiger charge is 2.07. The van der Waals surface area contributed by atoms with Crippen LogP contribution in [0.5, 0.6) is 0 Å². The van der Waals surface area contributed by atoms with Gasteiger partial charge in [0.25, 0.3) is 5.91 Å². The van der Waals surface area contributed by atoms with Gasteiger partial charge in [-0.2, -0.15) is 0 Å².